The van der Waals surface area contributed by atoms with Gasteiger partial charge in [-0.2, -0.15) is 0 Å². The van der Waals surface area contributed by atoms with Crippen molar-refractivity contribution < 1.29 is 0 Å². The monoisotopic (exact) mass is 663 g/mol. The SMILES string of the molecule is CC(=NC1=C(C(C)C)C=CCC1C(C)C)c1cccc(C(C)=Nc2c(-c3ccc(C(C)(C)C)cc3)cccc2-c2ccc(C(C)(C)C)cc2)n1. The van der Waals surface area contributed by atoms with Crippen LogP contribution >= 0.6 is 0 Å². The van der Waals surface area contributed by atoms with E-state index in [1.54, 1.807) is 0 Å². The maximum Gasteiger partial charge on any atom is 0.0849 e. The highest BCUT2D eigenvalue weighted by molar-refractivity contribution is 6.04. The molecule has 0 bridgehead atoms. The summed E-state index contributed by atoms with van der Waals surface area (Å²) >= 11 is 0. The van der Waals surface area contributed by atoms with E-state index in [0.29, 0.717) is 17.8 Å². The molecule has 1 aromatic heterocycles. The molecule has 3 nitrogen and oxygen atoms in total. The third-order valence-electron chi connectivity index (χ3n) is 9.98. The van der Waals surface area contributed by atoms with Gasteiger partial charge < -0.3 is 0 Å². The number of benzene rings is 3. The Bertz CT molecular complexity index is 1860. The molecule has 0 fully saturated rings. The van der Waals surface area contributed by atoms with Gasteiger partial charge in [0.1, 0.15) is 0 Å². The molecule has 1 heterocycles. The lowest BCUT2D eigenvalue weighted by Gasteiger charge is -2.27. The number of hydrogen-bond acceptors (Lipinski definition) is 3. The molecule has 0 saturated heterocycles. The van der Waals surface area contributed by atoms with Crippen LogP contribution in [0.2, 0.25) is 0 Å². The van der Waals surface area contributed by atoms with Crippen LogP contribution in [-0.2, 0) is 10.8 Å². The lowest BCUT2D eigenvalue weighted by atomic mass is 9.81. The minimum Gasteiger partial charge on any atom is -0.255 e. The van der Waals surface area contributed by atoms with Crippen LogP contribution in [0.15, 0.2) is 118 Å². The van der Waals surface area contributed by atoms with Crippen LogP contribution in [-0.4, -0.2) is 16.4 Å². The largest absolute Gasteiger partial charge is 0.255 e. The number of aliphatic imine (C=N–C) groups is 2. The lowest BCUT2D eigenvalue weighted by Crippen LogP contribution is -2.17. The Balaban J connectivity index is 1.62. The number of nitrogens with zero attached hydrogens (tertiary/aromatic N) is 3. The summed E-state index contributed by atoms with van der Waals surface area (Å²) in [7, 11) is 0. The van der Waals surface area contributed by atoms with Crippen molar-refractivity contribution >= 4 is 17.1 Å². The highest BCUT2D eigenvalue weighted by atomic mass is 14.9. The van der Waals surface area contributed by atoms with Crippen LogP contribution in [0.1, 0.15) is 112 Å². The first-order valence-electron chi connectivity index (χ1n) is 18.4. The topological polar surface area (TPSA) is 37.6 Å². The second kappa shape index (κ2) is 14.9. The first kappa shape index (κ1) is 36.9. The van der Waals surface area contributed by atoms with Crippen molar-refractivity contribution in [3.05, 3.63) is 131 Å². The summed E-state index contributed by atoms with van der Waals surface area (Å²) in [4.78, 5) is 15.9. The molecule has 0 N–H and O–H groups in total. The molecule has 4 aromatic rings. The average Bonchev–Trinajstić information content (AvgIpc) is 3.07. The summed E-state index contributed by atoms with van der Waals surface area (Å²) in [5.41, 5.74) is 14.3. The van der Waals surface area contributed by atoms with Gasteiger partial charge >= 0.3 is 0 Å². The summed E-state index contributed by atoms with van der Waals surface area (Å²) in [6.45, 7) is 26.8. The van der Waals surface area contributed by atoms with E-state index in [0.717, 1.165) is 57.2 Å². The molecule has 1 atom stereocenters. The zero-order chi connectivity index (χ0) is 36.4. The van der Waals surface area contributed by atoms with Gasteiger partial charge in [-0.05, 0) is 82.9 Å². The van der Waals surface area contributed by atoms with Crippen molar-refractivity contribution in [1.29, 1.82) is 0 Å². The van der Waals surface area contributed by atoms with Gasteiger partial charge in [-0.15, -0.1) is 0 Å². The quantitative estimate of drug-likeness (QED) is 0.173. The number of aromatic nitrogens is 1. The first-order chi connectivity index (χ1) is 23.5. The minimum absolute atomic E-state index is 0.0845. The molecule has 0 radical (unpaired) electrons. The zero-order valence-corrected chi connectivity index (χ0v) is 32.5. The van der Waals surface area contributed by atoms with Crippen molar-refractivity contribution in [2.75, 3.05) is 0 Å². The summed E-state index contributed by atoms with van der Waals surface area (Å²) in [5, 5.41) is 0. The van der Waals surface area contributed by atoms with Crippen LogP contribution in [0, 0.1) is 17.8 Å². The van der Waals surface area contributed by atoms with E-state index in [2.05, 4.69) is 180 Å². The van der Waals surface area contributed by atoms with Gasteiger partial charge in [0, 0.05) is 22.7 Å². The second-order valence-corrected chi connectivity index (χ2v) is 16.6. The first-order valence-corrected chi connectivity index (χ1v) is 18.4. The van der Waals surface area contributed by atoms with E-state index < -0.39 is 0 Å². The van der Waals surface area contributed by atoms with Crippen LogP contribution in [0.3, 0.4) is 0 Å². The predicted octanol–water partition coefficient (Wildman–Crippen LogP) is 13.1. The van der Waals surface area contributed by atoms with Crippen LogP contribution < -0.4 is 0 Å². The Labute approximate surface area is 302 Å². The molecule has 0 saturated carbocycles. The Morgan fingerprint density at radius 1 is 0.640 bits per heavy atom. The summed E-state index contributed by atoms with van der Waals surface area (Å²) < 4.78 is 0. The molecular formula is C47H57N3. The fourth-order valence-electron chi connectivity index (χ4n) is 6.71. The Hall–Kier alpha value is -4.37. The Morgan fingerprint density at radius 2 is 1.10 bits per heavy atom. The molecule has 3 aromatic carbocycles. The highest BCUT2D eigenvalue weighted by Gasteiger charge is 2.25. The van der Waals surface area contributed by atoms with E-state index >= 15 is 0 Å². The fourth-order valence-corrected chi connectivity index (χ4v) is 6.71. The minimum atomic E-state index is 0.0845. The van der Waals surface area contributed by atoms with Gasteiger partial charge in [0.15, 0.2) is 0 Å². The Kier molecular flexibility index (Phi) is 11.0. The Morgan fingerprint density at radius 3 is 1.54 bits per heavy atom. The summed E-state index contributed by atoms with van der Waals surface area (Å²) in [6.07, 6.45) is 5.62. The van der Waals surface area contributed by atoms with Crippen LogP contribution in [0.25, 0.3) is 22.3 Å². The van der Waals surface area contributed by atoms with Crippen molar-refractivity contribution in [3.8, 4) is 22.3 Å². The molecule has 1 aliphatic carbocycles. The van der Waals surface area contributed by atoms with Gasteiger partial charge in [-0.3, -0.25) is 9.98 Å². The smallest absolute Gasteiger partial charge is 0.0849 e. The van der Waals surface area contributed by atoms with E-state index in [9.17, 15) is 0 Å². The molecule has 5 rings (SSSR count). The normalized spacial score (nSPS) is 16.2. The lowest BCUT2D eigenvalue weighted by molar-refractivity contribution is 0.432. The van der Waals surface area contributed by atoms with Gasteiger partial charge in [-0.25, -0.2) is 4.98 Å². The molecular weight excluding hydrogens is 607 g/mol. The van der Waals surface area contributed by atoms with Crippen molar-refractivity contribution in [2.24, 2.45) is 27.7 Å². The van der Waals surface area contributed by atoms with Gasteiger partial charge in [0.25, 0.3) is 0 Å². The third kappa shape index (κ3) is 8.32. The van der Waals surface area contributed by atoms with Crippen molar-refractivity contribution in [1.82, 2.24) is 4.98 Å². The van der Waals surface area contributed by atoms with E-state index in [1.165, 1.54) is 22.4 Å². The number of para-hydroxylation sites is 1. The molecule has 50 heavy (non-hydrogen) atoms. The molecule has 0 spiro atoms. The van der Waals surface area contributed by atoms with Crippen LogP contribution in [0.4, 0.5) is 5.69 Å². The molecule has 0 aliphatic heterocycles. The molecule has 260 valence electrons. The van der Waals surface area contributed by atoms with E-state index in [4.69, 9.17) is 15.0 Å². The van der Waals surface area contributed by atoms with Gasteiger partial charge in [-0.1, -0.05) is 154 Å². The molecule has 3 heteroatoms. The van der Waals surface area contributed by atoms with Crippen LogP contribution in [0.5, 0.6) is 0 Å². The molecule has 1 unspecified atom stereocenters. The van der Waals surface area contributed by atoms with Crippen molar-refractivity contribution in [2.45, 2.75) is 100 Å². The van der Waals surface area contributed by atoms with E-state index in [1.807, 2.05) is 0 Å². The summed E-state index contributed by atoms with van der Waals surface area (Å²) in [6, 6.07) is 30.7. The van der Waals surface area contributed by atoms with Crippen molar-refractivity contribution in [3.63, 3.8) is 0 Å². The van der Waals surface area contributed by atoms with Gasteiger partial charge in [0.05, 0.1) is 28.5 Å². The maximum absolute atomic E-state index is 5.41. The predicted molar refractivity (Wildman–Crippen MR) is 217 cm³/mol. The zero-order valence-electron chi connectivity index (χ0n) is 32.5. The van der Waals surface area contributed by atoms with Gasteiger partial charge in [0.2, 0.25) is 0 Å². The third-order valence-corrected chi connectivity index (χ3v) is 9.98. The van der Waals surface area contributed by atoms with E-state index in [-0.39, 0.29) is 10.8 Å². The fraction of sp³-hybridized carbons (Fsp3) is 0.383. The number of hydrogen-bond donors (Lipinski definition) is 0. The molecule has 1 aliphatic rings. The number of allylic oxidation sites excluding steroid dienone is 4. The second-order valence-electron chi connectivity index (χ2n) is 16.6. The maximum atomic E-state index is 5.41. The number of rotatable bonds is 8. The standard InChI is InChI=1S/C47H57N3/c1-30(2)38-16-13-17-39(31(3)4)44(38)48-32(5)42-20-15-21-43(50-42)33(6)49-45-40(34-22-26-36(27-23-34)46(7,8)9)18-14-19-41(45)35-24-28-37(29-25-35)47(10,11)12/h13-16,18-31,39H,17H2,1-12H3. The average molecular weight is 664 g/mol. The highest BCUT2D eigenvalue weighted by Crippen LogP contribution is 2.41. The molecule has 0 amide bonds. The summed E-state index contributed by atoms with van der Waals surface area (Å²) in [5.74, 6) is 1.33. The number of pyridine rings is 1.